The lowest BCUT2D eigenvalue weighted by molar-refractivity contribution is -0.137. The van der Waals surface area contributed by atoms with Crippen molar-refractivity contribution in [2.75, 3.05) is 13.2 Å². The van der Waals surface area contributed by atoms with E-state index in [4.69, 9.17) is 4.74 Å². The lowest BCUT2D eigenvalue weighted by atomic mass is 10.0. The summed E-state index contributed by atoms with van der Waals surface area (Å²) in [5.41, 5.74) is -0.777. The van der Waals surface area contributed by atoms with Gasteiger partial charge in [-0.3, -0.25) is 9.59 Å². The highest BCUT2D eigenvalue weighted by molar-refractivity contribution is 6.07. The molecule has 1 unspecified atom stereocenters. The van der Waals surface area contributed by atoms with Gasteiger partial charge in [-0.05, 0) is 38.5 Å². The number of ether oxygens (including phenoxy) is 1. The summed E-state index contributed by atoms with van der Waals surface area (Å²) in [5, 5.41) is 5.97. The Morgan fingerprint density at radius 1 is 1.05 bits per heavy atom. The number of hydrogen-bond donors (Lipinski definition) is 2. The molecule has 0 bridgehead atoms. The molecule has 2 aliphatic carbocycles. The molecule has 20 heavy (non-hydrogen) atoms. The number of nitrogens with one attached hydrogen (secondary N) is 2. The van der Waals surface area contributed by atoms with Gasteiger partial charge >= 0.3 is 0 Å². The van der Waals surface area contributed by atoms with Gasteiger partial charge in [-0.25, -0.2) is 0 Å². The molecule has 0 aromatic carbocycles. The van der Waals surface area contributed by atoms with Crippen LogP contribution < -0.4 is 10.6 Å². The lowest BCUT2D eigenvalue weighted by Crippen LogP contribution is -2.47. The molecule has 3 rings (SSSR count). The summed E-state index contributed by atoms with van der Waals surface area (Å²) in [4.78, 5) is 24.6. The summed E-state index contributed by atoms with van der Waals surface area (Å²) in [5.74, 6) is -0.169. The Labute approximate surface area is 119 Å². The quantitative estimate of drug-likeness (QED) is 0.742. The van der Waals surface area contributed by atoms with E-state index in [1.54, 1.807) is 0 Å². The van der Waals surface area contributed by atoms with Crippen LogP contribution in [0.1, 0.15) is 51.4 Å². The molecule has 1 saturated heterocycles. The highest BCUT2D eigenvalue weighted by atomic mass is 16.5. The van der Waals surface area contributed by atoms with Crippen LogP contribution in [-0.4, -0.2) is 37.1 Å². The summed E-state index contributed by atoms with van der Waals surface area (Å²) < 4.78 is 5.49. The minimum absolute atomic E-state index is 0.0609. The molecule has 5 nitrogen and oxygen atoms in total. The lowest BCUT2D eigenvalue weighted by Gasteiger charge is -2.19. The van der Waals surface area contributed by atoms with E-state index in [1.165, 1.54) is 12.8 Å². The SMILES string of the molecule is O=C(NCC1CCCO1)C1(C(=O)NC2CCCC2)CC1. The minimum atomic E-state index is -0.777. The Morgan fingerprint density at radius 2 is 1.80 bits per heavy atom. The number of rotatable bonds is 5. The predicted octanol–water partition coefficient (Wildman–Crippen LogP) is 1.12. The molecule has 0 radical (unpaired) electrons. The van der Waals surface area contributed by atoms with Crippen molar-refractivity contribution in [1.29, 1.82) is 0 Å². The van der Waals surface area contributed by atoms with Gasteiger partial charge < -0.3 is 15.4 Å². The zero-order valence-electron chi connectivity index (χ0n) is 12.0. The molecule has 3 fully saturated rings. The van der Waals surface area contributed by atoms with Gasteiger partial charge in [0.2, 0.25) is 11.8 Å². The van der Waals surface area contributed by atoms with Crippen LogP contribution in [0.15, 0.2) is 0 Å². The Balaban J connectivity index is 1.48. The van der Waals surface area contributed by atoms with Crippen molar-refractivity contribution < 1.29 is 14.3 Å². The molecule has 2 saturated carbocycles. The summed E-state index contributed by atoms with van der Waals surface area (Å²) in [6.45, 7) is 1.32. The molecule has 0 aromatic heterocycles. The average Bonchev–Trinajstić information content (AvgIpc) is 2.87. The minimum Gasteiger partial charge on any atom is -0.376 e. The number of carbonyl (C=O) groups is 2. The average molecular weight is 280 g/mol. The molecule has 1 heterocycles. The van der Waals surface area contributed by atoms with E-state index < -0.39 is 5.41 Å². The zero-order valence-corrected chi connectivity index (χ0v) is 12.0. The van der Waals surface area contributed by atoms with E-state index in [9.17, 15) is 9.59 Å². The first-order valence-corrected chi connectivity index (χ1v) is 7.91. The Hall–Kier alpha value is -1.10. The van der Waals surface area contributed by atoms with Crippen LogP contribution in [0.4, 0.5) is 0 Å². The summed E-state index contributed by atoms with van der Waals surface area (Å²) >= 11 is 0. The van der Waals surface area contributed by atoms with E-state index in [0.717, 1.165) is 32.3 Å². The van der Waals surface area contributed by atoms with Crippen LogP contribution in [-0.2, 0) is 14.3 Å². The van der Waals surface area contributed by atoms with Crippen LogP contribution in [0.3, 0.4) is 0 Å². The standard InChI is InChI=1S/C15H24N2O3/c18-13(16-10-12-6-3-9-20-12)15(7-8-15)14(19)17-11-4-1-2-5-11/h11-12H,1-10H2,(H,16,18)(H,17,19). The number of hydrogen-bond acceptors (Lipinski definition) is 3. The van der Waals surface area contributed by atoms with E-state index in [1.807, 2.05) is 0 Å². The predicted molar refractivity (Wildman–Crippen MR) is 74.0 cm³/mol. The molecule has 2 N–H and O–H groups in total. The van der Waals surface area contributed by atoms with Crippen LogP contribution >= 0.6 is 0 Å². The van der Waals surface area contributed by atoms with Gasteiger partial charge in [0, 0.05) is 19.2 Å². The molecule has 1 atom stereocenters. The van der Waals surface area contributed by atoms with Gasteiger partial charge in [-0.1, -0.05) is 12.8 Å². The topological polar surface area (TPSA) is 67.4 Å². The van der Waals surface area contributed by atoms with Crippen LogP contribution in [0, 0.1) is 5.41 Å². The maximum absolute atomic E-state index is 12.3. The second kappa shape index (κ2) is 5.72. The summed E-state index contributed by atoms with van der Waals surface area (Å²) in [6, 6.07) is 0.283. The van der Waals surface area contributed by atoms with Crippen molar-refractivity contribution >= 4 is 11.8 Å². The van der Waals surface area contributed by atoms with Crippen LogP contribution in [0.2, 0.25) is 0 Å². The van der Waals surface area contributed by atoms with Gasteiger partial charge in [0.15, 0.2) is 0 Å². The molecule has 1 aliphatic heterocycles. The van der Waals surface area contributed by atoms with Gasteiger partial charge in [-0.15, -0.1) is 0 Å². The molecule has 5 heteroatoms. The first-order valence-electron chi connectivity index (χ1n) is 7.91. The largest absolute Gasteiger partial charge is 0.376 e. The molecule has 0 spiro atoms. The molecule has 2 amide bonds. The second-order valence-corrected chi connectivity index (χ2v) is 6.38. The highest BCUT2D eigenvalue weighted by Gasteiger charge is 2.56. The van der Waals surface area contributed by atoms with E-state index in [0.29, 0.717) is 19.4 Å². The normalized spacial score (nSPS) is 28.3. The van der Waals surface area contributed by atoms with Crippen molar-refractivity contribution in [3.8, 4) is 0 Å². The first-order chi connectivity index (χ1) is 9.71. The number of amides is 2. The first kappa shape index (κ1) is 13.9. The highest BCUT2D eigenvalue weighted by Crippen LogP contribution is 2.46. The molecular formula is C15H24N2O3. The van der Waals surface area contributed by atoms with Crippen molar-refractivity contribution in [2.45, 2.75) is 63.5 Å². The second-order valence-electron chi connectivity index (χ2n) is 6.38. The molecule has 3 aliphatic rings. The smallest absolute Gasteiger partial charge is 0.235 e. The molecule has 112 valence electrons. The molecular weight excluding hydrogens is 256 g/mol. The van der Waals surface area contributed by atoms with Crippen molar-refractivity contribution in [3.63, 3.8) is 0 Å². The maximum atomic E-state index is 12.3. The van der Waals surface area contributed by atoms with E-state index >= 15 is 0 Å². The monoisotopic (exact) mass is 280 g/mol. The van der Waals surface area contributed by atoms with Crippen molar-refractivity contribution in [3.05, 3.63) is 0 Å². The number of carbonyl (C=O) groups excluding carboxylic acids is 2. The Kier molecular flexibility index (Phi) is 3.96. The maximum Gasteiger partial charge on any atom is 0.235 e. The summed E-state index contributed by atoms with van der Waals surface area (Å²) in [6.07, 6.45) is 8.04. The van der Waals surface area contributed by atoms with E-state index in [2.05, 4.69) is 10.6 Å². The van der Waals surface area contributed by atoms with Crippen molar-refractivity contribution in [1.82, 2.24) is 10.6 Å². The van der Waals surface area contributed by atoms with Crippen LogP contribution in [0.5, 0.6) is 0 Å². The van der Waals surface area contributed by atoms with Crippen LogP contribution in [0.25, 0.3) is 0 Å². The zero-order chi connectivity index (χ0) is 14.0. The fourth-order valence-electron chi connectivity index (χ4n) is 3.26. The fourth-order valence-corrected chi connectivity index (χ4v) is 3.26. The third-order valence-electron chi connectivity index (χ3n) is 4.82. The third-order valence-corrected chi connectivity index (χ3v) is 4.82. The van der Waals surface area contributed by atoms with Gasteiger partial charge in [0.05, 0.1) is 6.10 Å². The summed E-state index contributed by atoms with van der Waals surface area (Å²) in [7, 11) is 0. The van der Waals surface area contributed by atoms with Gasteiger partial charge in [-0.2, -0.15) is 0 Å². The Morgan fingerprint density at radius 3 is 2.40 bits per heavy atom. The fraction of sp³-hybridized carbons (Fsp3) is 0.867. The molecule has 0 aromatic rings. The van der Waals surface area contributed by atoms with Gasteiger partial charge in [0.25, 0.3) is 0 Å². The van der Waals surface area contributed by atoms with E-state index in [-0.39, 0.29) is 24.0 Å². The third kappa shape index (κ3) is 2.82. The Bertz CT molecular complexity index is 381. The van der Waals surface area contributed by atoms with Crippen molar-refractivity contribution in [2.24, 2.45) is 5.41 Å². The van der Waals surface area contributed by atoms with Gasteiger partial charge in [0.1, 0.15) is 5.41 Å².